The summed E-state index contributed by atoms with van der Waals surface area (Å²) in [5.41, 5.74) is 8.63. The van der Waals surface area contributed by atoms with Crippen LogP contribution in [-0.4, -0.2) is 98.8 Å². The van der Waals surface area contributed by atoms with Crippen LogP contribution in [-0.2, 0) is 19.0 Å². The lowest BCUT2D eigenvalue weighted by atomic mass is 10.0. The van der Waals surface area contributed by atoms with Gasteiger partial charge < -0.3 is 39.3 Å². The van der Waals surface area contributed by atoms with Crippen LogP contribution in [0.1, 0.15) is 70.2 Å². The lowest BCUT2D eigenvalue weighted by molar-refractivity contribution is -0.345. The number of amides is 4. The van der Waals surface area contributed by atoms with Crippen molar-refractivity contribution in [2.24, 2.45) is 5.92 Å². The summed E-state index contributed by atoms with van der Waals surface area (Å²) < 4.78 is 15.3. The molecule has 15 nitrogen and oxygen atoms in total. The van der Waals surface area contributed by atoms with E-state index in [2.05, 4.69) is 56.0 Å². The summed E-state index contributed by atoms with van der Waals surface area (Å²) in [5, 5.41) is 4.22. The highest BCUT2D eigenvalue weighted by atomic mass is 16.9. The first kappa shape index (κ1) is 34.5. The van der Waals surface area contributed by atoms with Gasteiger partial charge in [-0.2, -0.15) is 5.43 Å². The molecule has 2 aromatic heterocycles. The van der Waals surface area contributed by atoms with E-state index in [1.165, 1.54) is 12.1 Å². The molecule has 3 aliphatic rings. The summed E-state index contributed by atoms with van der Waals surface area (Å²) in [5.74, 6) is 1.26. The van der Waals surface area contributed by atoms with Gasteiger partial charge in [-0.15, -0.1) is 0 Å². The molecule has 0 unspecified atom stereocenters. The van der Waals surface area contributed by atoms with Gasteiger partial charge in [0, 0.05) is 19.6 Å². The number of nitrogens with zero attached hydrogens (tertiary/aromatic N) is 5. The number of aromatic amines is 2. The number of alkyl carbamates (subject to hydrolysis) is 1. The number of methoxy groups -OCH3 is 1. The molecular formula is C36H45N9O6. The molecule has 7 rings (SSSR count). The monoisotopic (exact) mass is 699 g/mol. The summed E-state index contributed by atoms with van der Waals surface area (Å²) in [6, 6.07) is 13.2. The van der Waals surface area contributed by atoms with Crippen LogP contribution in [0, 0.1) is 5.92 Å². The number of urea groups is 1. The Hall–Kier alpha value is -4.99. The minimum Gasteiger partial charge on any atom is -0.453 e. The Morgan fingerprint density at radius 1 is 0.961 bits per heavy atom. The van der Waals surface area contributed by atoms with Crippen molar-refractivity contribution in [1.29, 1.82) is 0 Å². The van der Waals surface area contributed by atoms with Gasteiger partial charge >= 0.3 is 12.1 Å². The van der Waals surface area contributed by atoms with E-state index in [1.54, 1.807) is 0 Å². The van der Waals surface area contributed by atoms with Crippen LogP contribution in [0.5, 0.6) is 0 Å². The zero-order chi connectivity index (χ0) is 35.6. The second kappa shape index (κ2) is 14.7. The van der Waals surface area contributed by atoms with Gasteiger partial charge in [0.1, 0.15) is 17.7 Å². The molecule has 51 heavy (non-hydrogen) atoms. The molecule has 4 N–H and O–H groups in total. The summed E-state index contributed by atoms with van der Waals surface area (Å²) in [6.45, 7) is 7.63. The van der Waals surface area contributed by atoms with Crippen LogP contribution in [0.25, 0.3) is 33.4 Å². The van der Waals surface area contributed by atoms with Crippen molar-refractivity contribution in [3.63, 3.8) is 0 Å². The highest BCUT2D eigenvalue weighted by Gasteiger charge is 2.38. The maximum Gasteiger partial charge on any atom is 0.407 e. The number of carbonyl (C=O) groups is 3. The number of aromatic nitrogens is 4. The fourth-order valence-electron chi connectivity index (χ4n) is 7.11. The summed E-state index contributed by atoms with van der Waals surface area (Å²) in [6.07, 6.45) is 3.95. The number of H-pyrrole nitrogens is 2. The zero-order valence-corrected chi connectivity index (χ0v) is 29.3. The van der Waals surface area contributed by atoms with Gasteiger partial charge in [0.25, 0.3) is 0 Å². The van der Waals surface area contributed by atoms with Gasteiger partial charge in [0.05, 0.1) is 42.1 Å². The van der Waals surface area contributed by atoms with Crippen LogP contribution in [0.2, 0.25) is 0 Å². The molecule has 3 atom stereocenters. The highest BCUT2D eigenvalue weighted by molar-refractivity contribution is 5.87. The van der Waals surface area contributed by atoms with Crippen molar-refractivity contribution in [2.75, 3.05) is 33.5 Å². The minimum atomic E-state index is -0.686. The Kier molecular flexibility index (Phi) is 9.93. The van der Waals surface area contributed by atoms with Gasteiger partial charge in [0.2, 0.25) is 12.3 Å². The van der Waals surface area contributed by atoms with Gasteiger partial charge in [-0.25, -0.2) is 19.6 Å². The van der Waals surface area contributed by atoms with Crippen molar-refractivity contribution in [3.05, 3.63) is 60.3 Å². The first-order valence-corrected chi connectivity index (χ1v) is 17.6. The summed E-state index contributed by atoms with van der Waals surface area (Å²) >= 11 is 0. The molecule has 0 aliphatic carbocycles. The predicted molar refractivity (Wildman–Crippen MR) is 187 cm³/mol. The summed E-state index contributed by atoms with van der Waals surface area (Å²) in [4.78, 5) is 59.0. The number of hydrogen-bond donors (Lipinski definition) is 4. The Bertz CT molecular complexity index is 1870. The number of rotatable bonds is 10. The van der Waals surface area contributed by atoms with E-state index in [9.17, 15) is 14.4 Å². The van der Waals surface area contributed by atoms with Gasteiger partial charge in [-0.1, -0.05) is 44.2 Å². The number of imidazole rings is 2. The molecule has 270 valence electrons. The topological polar surface area (TPSA) is 170 Å². The number of nitrogens with one attached hydrogen (secondary N) is 4. The van der Waals surface area contributed by atoms with E-state index >= 15 is 0 Å². The number of carbonyl (C=O) groups excluding carboxylic acids is 3. The largest absolute Gasteiger partial charge is 0.453 e. The second-order valence-electron chi connectivity index (χ2n) is 13.5. The van der Waals surface area contributed by atoms with E-state index in [1.807, 2.05) is 48.9 Å². The van der Waals surface area contributed by atoms with Crippen molar-refractivity contribution < 1.29 is 28.6 Å². The third-order valence-corrected chi connectivity index (χ3v) is 9.93. The van der Waals surface area contributed by atoms with E-state index in [0.717, 1.165) is 70.7 Å². The lowest BCUT2D eigenvalue weighted by Gasteiger charge is -2.35. The quantitative estimate of drug-likeness (QED) is 0.166. The molecule has 0 radical (unpaired) electrons. The standard InChI is InChI=1S/C36H45N9O6/c1-5-45(42-35-50-20-51-35)36(48)44-17-7-8-28(44)31-37-19-27(40-31)23-12-10-22(11-13-23)24-14-15-25-26(18-24)39-32(38-25)29-9-6-16-43(29)33(46)30(21(2)3)41-34(47)49-4/h10-15,18-19,21,28-30,35,42H,5-9,16-17,20H2,1-4H3,(H,37,40)(H,38,39)(H,41,47)/t28-,29-,30-/m0/s1. The van der Waals surface area contributed by atoms with Crippen LogP contribution in [0.4, 0.5) is 9.59 Å². The Morgan fingerprint density at radius 2 is 1.65 bits per heavy atom. The van der Waals surface area contributed by atoms with E-state index < -0.39 is 18.5 Å². The Labute approximate surface area is 296 Å². The number of likely N-dealkylation sites (tertiary alicyclic amines) is 2. The van der Waals surface area contributed by atoms with Gasteiger partial charge in [0.15, 0.2) is 6.79 Å². The average molecular weight is 700 g/mol. The number of hydrogen-bond acceptors (Lipinski definition) is 9. The van der Waals surface area contributed by atoms with Crippen LogP contribution in [0.3, 0.4) is 0 Å². The molecule has 0 bridgehead atoms. The SMILES string of the molecule is CCN(NC1OCO1)C(=O)N1CCC[C@H]1c1ncc(-c2ccc(-c3ccc4nc([C@@H]5CCCN5C(=O)[C@@H](NC(=O)OC)C(C)C)[nH]c4c3)cc2)[nH]1. The number of fused-ring (bicyclic) bond motifs is 1. The molecule has 0 saturated carbocycles. The molecule has 2 aromatic carbocycles. The zero-order valence-electron chi connectivity index (χ0n) is 29.3. The molecule has 3 fully saturated rings. The lowest BCUT2D eigenvalue weighted by Crippen LogP contribution is -2.57. The third-order valence-electron chi connectivity index (χ3n) is 9.93. The first-order chi connectivity index (χ1) is 24.7. The highest BCUT2D eigenvalue weighted by Crippen LogP contribution is 2.35. The number of ether oxygens (including phenoxy) is 3. The smallest absolute Gasteiger partial charge is 0.407 e. The fraction of sp³-hybridized carbons (Fsp3) is 0.472. The Morgan fingerprint density at radius 3 is 2.31 bits per heavy atom. The molecular weight excluding hydrogens is 654 g/mol. The minimum absolute atomic E-state index is 0.102. The maximum absolute atomic E-state index is 13.6. The third kappa shape index (κ3) is 7.01. The predicted octanol–water partition coefficient (Wildman–Crippen LogP) is 5.04. The molecule has 5 heterocycles. The van der Waals surface area contributed by atoms with Crippen LogP contribution >= 0.6 is 0 Å². The van der Waals surface area contributed by atoms with Crippen molar-refractivity contribution >= 4 is 29.1 Å². The normalized spacial score (nSPS) is 19.8. The second-order valence-corrected chi connectivity index (χ2v) is 13.5. The van der Waals surface area contributed by atoms with E-state index in [4.69, 9.17) is 19.2 Å². The molecule has 3 saturated heterocycles. The van der Waals surface area contributed by atoms with E-state index in [-0.39, 0.29) is 36.7 Å². The molecule has 0 spiro atoms. The van der Waals surface area contributed by atoms with Crippen molar-refractivity contribution in [1.82, 2.24) is 45.5 Å². The van der Waals surface area contributed by atoms with Crippen LogP contribution < -0.4 is 10.7 Å². The summed E-state index contributed by atoms with van der Waals surface area (Å²) in [7, 11) is 1.29. The number of hydrazine groups is 1. The molecule has 4 amide bonds. The van der Waals surface area contributed by atoms with Crippen LogP contribution in [0.15, 0.2) is 48.7 Å². The fourth-order valence-corrected chi connectivity index (χ4v) is 7.11. The van der Waals surface area contributed by atoms with E-state index in [0.29, 0.717) is 19.6 Å². The Balaban J connectivity index is 1.04. The molecule has 4 aromatic rings. The van der Waals surface area contributed by atoms with Crippen molar-refractivity contribution in [2.45, 2.75) is 71.0 Å². The van der Waals surface area contributed by atoms with Crippen molar-refractivity contribution in [3.8, 4) is 22.4 Å². The van der Waals surface area contributed by atoms with Gasteiger partial charge in [-0.05, 0) is 67.3 Å². The first-order valence-electron chi connectivity index (χ1n) is 17.6. The average Bonchev–Trinajstić information content (AvgIpc) is 3.95. The maximum atomic E-state index is 13.6. The number of benzene rings is 2. The molecule has 15 heteroatoms. The van der Waals surface area contributed by atoms with Gasteiger partial charge in [-0.3, -0.25) is 9.80 Å². The molecule has 3 aliphatic heterocycles.